The first-order valence-electron chi connectivity index (χ1n) is 13.9. The zero-order valence-electron chi connectivity index (χ0n) is 22.0. The standard InChI is InChI=1S/C30H33N7O2/c38-29(33-24-8-10-27(32-19-24)30(39)37-13-5-6-14-37)28-25-16-22(7-9-26(25)34-35-28)23-15-21(17-31-18-23)20-36-11-3-1-2-4-12-36/h7-10,15-19H,1-6,11-14,20H2,(H,33,38)(H,34,35). The van der Waals surface area contributed by atoms with Crippen molar-refractivity contribution in [1.29, 1.82) is 0 Å². The molecule has 2 aliphatic heterocycles. The van der Waals surface area contributed by atoms with Crippen LogP contribution in [-0.4, -0.2) is 68.0 Å². The van der Waals surface area contributed by atoms with E-state index in [0.717, 1.165) is 67.6 Å². The van der Waals surface area contributed by atoms with E-state index < -0.39 is 0 Å². The first-order chi connectivity index (χ1) is 19.1. The van der Waals surface area contributed by atoms with Crippen LogP contribution in [0, 0.1) is 0 Å². The minimum Gasteiger partial charge on any atom is -0.337 e. The zero-order valence-corrected chi connectivity index (χ0v) is 22.0. The Kier molecular flexibility index (Phi) is 7.31. The van der Waals surface area contributed by atoms with Crippen LogP contribution in [-0.2, 0) is 6.54 Å². The van der Waals surface area contributed by atoms with Crippen LogP contribution in [0.2, 0.25) is 0 Å². The molecule has 9 heteroatoms. The lowest BCUT2D eigenvalue weighted by Gasteiger charge is -2.19. The van der Waals surface area contributed by atoms with Crippen molar-refractivity contribution in [1.82, 2.24) is 30.0 Å². The Hall–Kier alpha value is -4.11. The van der Waals surface area contributed by atoms with Gasteiger partial charge in [-0.1, -0.05) is 18.9 Å². The summed E-state index contributed by atoms with van der Waals surface area (Å²) in [5, 5.41) is 10.8. The number of H-pyrrole nitrogens is 1. The molecule has 0 atom stereocenters. The van der Waals surface area contributed by atoms with Gasteiger partial charge in [0.1, 0.15) is 5.69 Å². The average Bonchev–Trinajstić information content (AvgIpc) is 3.59. The van der Waals surface area contributed by atoms with Crippen molar-refractivity contribution in [3.63, 3.8) is 0 Å². The Morgan fingerprint density at radius 1 is 0.846 bits per heavy atom. The quantitative estimate of drug-likeness (QED) is 0.373. The van der Waals surface area contributed by atoms with Crippen LogP contribution in [0.3, 0.4) is 0 Å². The number of hydrogen-bond donors (Lipinski definition) is 2. The largest absolute Gasteiger partial charge is 0.337 e. The predicted octanol–water partition coefficient (Wildman–Crippen LogP) is 4.88. The summed E-state index contributed by atoms with van der Waals surface area (Å²) in [7, 11) is 0. The second kappa shape index (κ2) is 11.3. The van der Waals surface area contributed by atoms with E-state index in [1.54, 1.807) is 12.1 Å². The summed E-state index contributed by atoms with van der Waals surface area (Å²) in [6.07, 6.45) is 12.5. The van der Waals surface area contributed by atoms with Crippen molar-refractivity contribution in [2.45, 2.75) is 45.1 Å². The molecule has 3 aromatic heterocycles. The smallest absolute Gasteiger partial charge is 0.276 e. The Labute approximate surface area is 227 Å². The first-order valence-corrected chi connectivity index (χ1v) is 13.9. The summed E-state index contributed by atoms with van der Waals surface area (Å²) in [4.78, 5) is 38.8. The highest BCUT2D eigenvalue weighted by Gasteiger charge is 2.21. The number of fused-ring (bicyclic) bond motifs is 1. The summed E-state index contributed by atoms with van der Waals surface area (Å²) in [6, 6.07) is 11.5. The third kappa shape index (κ3) is 5.68. The molecule has 4 aromatic rings. The van der Waals surface area contributed by atoms with Crippen molar-refractivity contribution in [2.24, 2.45) is 0 Å². The van der Waals surface area contributed by atoms with Gasteiger partial charge in [0.15, 0.2) is 5.69 Å². The third-order valence-electron chi connectivity index (χ3n) is 7.64. The molecule has 9 nitrogen and oxygen atoms in total. The molecule has 2 N–H and O–H groups in total. The summed E-state index contributed by atoms with van der Waals surface area (Å²) in [5.74, 6) is -0.409. The van der Waals surface area contributed by atoms with Crippen molar-refractivity contribution in [3.8, 4) is 11.1 Å². The number of aromatic nitrogens is 4. The number of pyridine rings is 2. The molecule has 2 amide bonds. The van der Waals surface area contributed by atoms with E-state index in [4.69, 9.17) is 0 Å². The van der Waals surface area contributed by atoms with Gasteiger partial charge in [-0.15, -0.1) is 0 Å². The number of likely N-dealkylation sites (tertiary alicyclic amines) is 2. The molecule has 2 saturated heterocycles. The molecular formula is C30H33N7O2. The van der Waals surface area contributed by atoms with Gasteiger partial charge in [0.2, 0.25) is 0 Å². The molecule has 0 unspecified atom stereocenters. The molecule has 39 heavy (non-hydrogen) atoms. The lowest BCUT2D eigenvalue weighted by molar-refractivity contribution is 0.0787. The summed E-state index contributed by atoms with van der Waals surface area (Å²) < 4.78 is 0. The predicted molar refractivity (Wildman–Crippen MR) is 150 cm³/mol. The molecule has 6 rings (SSSR count). The van der Waals surface area contributed by atoms with Crippen molar-refractivity contribution in [2.75, 3.05) is 31.5 Å². The Balaban J connectivity index is 1.18. The van der Waals surface area contributed by atoms with Crippen molar-refractivity contribution < 1.29 is 9.59 Å². The van der Waals surface area contributed by atoms with E-state index in [0.29, 0.717) is 17.1 Å². The highest BCUT2D eigenvalue weighted by atomic mass is 16.2. The van der Waals surface area contributed by atoms with Gasteiger partial charge >= 0.3 is 0 Å². The first kappa shape index (κ1) is 25.2. The van der Waals surface area contributed by atoms with E-state index in [9.17, 15) is 9.59 Å². The van der Waals surface area contributed by atoms with Crippen molar-refractivity contribution >= 4 is 28.4 Å². The van der Waals surface area contributed by atoms with Gasteiger partial charge in [-0.3, -0.25) is 24.6 Å². The van der Waals surface area contributed by atoms with Gasteiger partial charge in [0.05, 0.1) is 17.4 Å². The molecule has 2 aliphatic rings. The fourth-order valence-corrected chi connectivity index (χ4v) is 5.52. The van der Waals surface area contributed by atoms with E-state index in [-0.39, 0.29) is 11.8 Å². The maximum absolute atomic E-state index is 13.2. The average molecular weight is 524 g/mol. The fraction of sp³-hybridized carbons (Fsp3) is 0.367. The molecule has 0 radical (unpaired) electrons. The number of aromatic amines is 1. The van der Waals surface area contributed by atoms with Crippen molar-refractivity contribution in [3.05, 3.63) is 71.9 Å². The molecular weight excluding hydrogens is 490 g/mol. The van der Waals surface area contributed by atoms with Crippen LogP contribution in [0.15, 0.2) is 55.0 Å². The van der Waals surface area contributed by atoms with Gasteiger partial charge in [0, 0.05) is 43.0 Å². The Morgan fingerprint density at radius 3 is 2.41 bits per heavy atom. The number of nitrogens with one attached hydrogen (secondary N) is 2. The van der Waals surface area contributed by atoms with Crippen LogP contribution in [0.5, 0.6) is 0 Å². The molecule has 1 aromatic carbocycles. The zero-order chi connectivity index (χ0) is 26.6. The van der Waals surface area contributed by atoms with E-state index in [1.165, 1.54) is 37.4 Å². The minimum absolute atomic E-state index is 0.0683. The van der Waals surface area contributed by atoms with Crippen LogP contribution in [0.1, 0.15) is 65.1 Å². The molecule has 0 spiro atoms. The monoisotopic (exact) mass is 523 g/mol. The molecule has 5 heterocycles. The van der Waals surface area contributed by atoms with Crippen LogP contribution in [0.4, 0.5) is 5.69 Å². The summed E-state index contributed by atoms with van der Waals surface area (Å²) in [6.45, 7) is 4.71. The summed E-state index contributed by atoms with van der Waals surface area (Å²) >= 11 is 0. The van der Waals surface area contributed by atoms with Gasteiger partial charge in [-0.05, 0) is 80.2 Å². The second-order valence-corrected chi connectivity index (χ2v) is 10.5. The Bertz CT molecular complexity index is 1470. The number of amides is 2. The highest BCUT2D eigenvalue weighted by molar-refractivity contribution is 6.11. The number of carbonyl (C=O) groups is 2. The van der Waals surface area contributed by atoms with Gasteiger partial charge in [0.25, 0.3) is 11.8 Å². The van der Waals surface area contributed by atoms with Crippen LogP contribution < -0.4 is 5.32 Å². The van der Waals surface area contributed by atoms with E-state index >= 15 is 0 Å². The molecule has 200 valence electrons. The lowest BCUT2D eigenvalue weighted by Crippen LogP contribution is -2.28. The normalized spacial score (nSPS) is 16.4. The number of benzene rings is 1. The molecule has 0 bridgehead atoms. The number of hydrogen-bond acceptors (Lipinski definition) is 6. The number of anilines is 1. The van der Waals surface area contributed by atoms with E-state index in [2.05, 4.69) is 36.4 Å². The highest BCUT2D eigenvalue weighted by Crippen LogP contribution is 2.27. The number of carbonyl (C=O) groups excluding carboxylic acids is 2. The maximum Gasteiger partial charge on any atom is 0.276 e. The maximum atomic E-state index is 13.2. The Morgan fingerprint density at radius 2 is 1.64 bits per heavy atom. The number of rotatable bonds is 6. The number of nitrogens with zero attached hydrogens (tertiary/aromatic N) is 5. The summed E-state index contributed by atoms with van der Waals surface area (Å²) in [5.41, 5.74) is 5.17. The SMILES string of the molecule is O=C(Nc1ccc(C(=O)N2CCCC2)nc1)c1n[nH]c2ccc(-c3cncc(CN4CCCCCC4)c3)cc12. The minimum atomic E-state index is -0.341. The third-order valence-corrected chi connectivity index (χ3v) is 7.64. The van der Waals surface area contributed by atoms with Gasteiger partial charge < -0.3 is 10.2 Å². The topological polar surface area (TPSA) is 107 Å². The van der Waals surface area contributed by atoms with Gasteiger partial charge in [-0.2, -0.15) is 5.10 Å². The second-order valence-electron chi connectivity index (χ2n) is 10.5. The van der Waals surface area contributed by atoms with E-state index in [1.807, 2.05) is 35.5 Å². The van der Waals surface area contributed by atoms with Gasteiger partial charge in [-0.25, -0.2) is 4.98 Å². The van der Waals surface area contributed by atoms with Crippen LogP contribution in [0.25, 0.3) is 22.0 Å². The fourth-order valence-electron chi connectivity index (χ4n) is 5.52. The van der Waals surface area contributed by atoms with Crippen LogP contribution >= 0.6 is 0 Å². The molecule has 0 aliphatic carbocycles. The molecule has 2 fully saturated rings. The molecule has 0 saturated carbocycles. The lowest BCUT2D eigenvalue weighted by atomic mass is 10.0.